The van der Waals surface area contributed by atoms with E-state index in [0.29, 0.717) is 23.7 Å². The van der Waals surface area contributed by atoms with Crippen LogP contribution in [0.15, 0.2) is 17.2 Å². The molecule has 0 bridgehead atoms. The van der Waals surface area contributed by atoms with Crippen LogP contribution in [0, 0.1) is 0 Å². The molecule has 0 atom stereocenters. The van der Waals surface area contributed by atoms with Crippen molar-refractivity contribution in [1.29, 1.82) is 0 Å². The molecule has 0 radical (unpaired) electrons. The van der Waals surface area contributed by atoms with Crippen LogP contribution < -0.4 is 19.6 Å². The van der Waals surface area contributed by atoms with E-state index >= 15 is 0 Å². The quantitative estimate of drug-likeness (QED) is 0.408. The summed E-state index contributed by atoms with van der Waals surface area (Å²) >= 11 is 0. The average molecular weight is 322 g/mol. The first kappa shape index (κ1) is 18.8. The van der Waals surface area contributed by atoms with Crippen molar-refractivity contribution < 1.29 is 19.0 Å². The maximum Gasteiger partial charge on any atom is 0.240 e. The van der Waals surface area contributed by atoms with Gasteiger partial charge in [-0.3, -0.25) is 4.79 Å². The highest BCUT2D eigenvalue weighted by Crippen LogP contribution is 2.37. The second kappa shape index (κ2) is 10.5. The smallest absolute Gasteiger partial charge is 0.240 e. The number of carbonyl (C=O) groups is 1. The zero-order valence-electron chi connectivity index (χ0n) is 14.3. The number of ether oxygens (including phenoxy) is 3. The Morgan fingerprint density at radius 1 is 1.09 bits per heavy atom. The molecular formula is C17H26N2O4. The molecule has 0 fully saturated rings. The minimum absolute atomic E-state index is 0.0789. The first-order chi connectivity index (χ1) is 11.2. The number of methoxy groups -OCH3 is 3. The molecule has 1 aromatic rings. The van der Waals surface area contributed by atoms with E-state index < -0.39 is 0 Å². The van der Waals surface area contributed by atoms with E-state index in [-0.39, 0.29) is 5.91 Å². The van der Waals surface area contributed by atoms with Gasteiger partial charge in [-0.25, -0.2) is 5.43 Å². The van der Waals surface area contributed by atoms with Crippen molar-refractivity contribution in [3.8, 4) is 17.2 Å². The van der Waals surface area contributed by atoms with Gasteiger partial charge in [0, 0.05) is 12.0 Å². The number of amides is 1. The van der Waals surface area contributed by atoms with Gasteiger partial charge in [0.2, 0.25) is 11.7 Å². The number of unbranched alkanes of at least 4 members (excludes halogenated alkanes) is 3. The summed E-state index contributed by atoms with van der Waals surface area (Å²) in [5, 5.41) is 3.97. The van der Waals surface area contributed by atoms with E-state index in [1.807, 2.05) is 0 Å². The highest BCUT2D eigenvalue weighted by molar-refractivity contribution is 5.84. The largest absolute Gasteiger partial charge is 0.493 e. The van der Waals surface area contributed by atoms with Crippen LogP contribution in [-0.2, 0) is 4.79 Å². The topological polar surface area (TPSA) is 69.2 Å². The summed E-state index contributed by atoms with van der Waals surface area (Å²) in [7, 11) is 4.65. The number of nitrogens with zero attached hydrogens (tertiary/aromatic N) is 1. The minimum atomic E-state index is -0.0789. The van der Waals surface area contributed by atoms with Crippen LogP contribution in [0.1, 0.15) is 44.6 Å². The minimum Gasteiger partial charge on any atom is -0.493 e. The molecule has 1 rings (SSSR count). The average Bonchev–Trinajstić information content (AvgIpc) is 2.57. The van der Waals surface area contributed by atoms with Crippen LogP contribution in [-0.4, -0.2) is 33.5 Å². The van der Waals surface area contributed by atoms with E-state index in [9.17, 15) is 4.79 Å². The van der Waals surface area contributed by atoms with Gasteiger partial charge in [-0.2, -0.15) is 5.10 Å². The summed E-state index contributed by atoms with van der Waals surface area (Å²) in [6, 6.07) is 3.52. The third-order valence-corrected chi connectivity index (χ3v) is 3.35. The fraction of sp³-hybridized carbons (Fsp3) is 0.529. The fourth-order valence-corrected chi connectivity index (χ4v) is 2.12. The van der Waals surface area contributed by atoms with Crippen molar-refractivity contribution in [2.24, 2.45) is 5.10 Å². The second-order valence-electron chi connectivity index (χ2n) is 5.06. The Kier molecular flexibility index (Phi) is 8.57. The van der Waals surface area contributed by atoms with E-state index in [0.717, 1.165) is 31.2 Å². The molecule has 23 heavy (non-hydrogen) atoms. The fourth-order valence-electron chi connectivity index (χ4n) is 2.12. The summed E-state index contributed by atoms with van der Waals surface area (Å²) in [5.41, 5.74) is 3.27. The first-order valence-corrected chi connectivity index (χ1v) is 7.78. The van der Waals surface area contributed by atoms with Crippen molar-refractivity contribution in [3.63, 3.8) is 0 Å². The van der Waals surface area contributed by atoms with Gasteiger partial charge in [0.25, 0.3) is 0 Å². The molecule has 0 unspecified atom stereocenters. The van der Waals surface area contributed by atoms with E-state index in [2.05, 4.69) is 17.5 Å². The Bertz CT molecular complexity index is 504. The van der Waals surface area contributed by atoms with Gasteiger partial charge in [0.05, 0.1) is 27.5 Å². The van der Waals surface area contributed by atoms with Crippen LogP contribution in [0.5, 0.6) is 17.2 Å². The van der Waals surface area contributed by atoms with Crippen LogP contribution in [0.2, 0.25) is 0 Å². The van der Waals surface area contributed by atoms with E-state index in [1.165, 1.54) is 0 Å². The Hall–Kier alpha value is -2.24. The highest BCUT2D eigenvalue weighted by Gasteiger charge is 2.12. The molecular weight excluding hydrogens is 296 g/mol. The number of carbonyl (C=O) groups excluding carboxylic acids is 1. The molecule has 6 nitrogen and oxygen atoms in total. The van der Waals surface area contributed by atoms with Crippen LogP contribution in [0.4, 0.5) is 0 Å². The molecule has 128 valence electrons. The molecule has 1 N–H and O–H groups in total. The maximum absolute atomic E-state index is 11.6. The summed E-state index contributed by atoms with van der Waals surface area (Å²) in [4.78, 5) is 11.6. The Morgan fingerprint density at radius 2 is 1.74 bits per heavy atom. The molecule has 0 aliphatic carbocycles. The van der Waals surface area contributed by atoms with Crippen molar-refractivity contribution in [2.45, 2.75) is 39.0 Å². The Morgan fingerprint density at radius 3 is 2.26 bits per heavy atom. The highest BCUT2D eigenvalue weighted by atomic mass is 16.5. The SMILES string of the molecule is CCCCCCC(=O)NN=Cc1cc(OC)c(OC)c(OC)c1. The molecule has 0 spiro atoms. The molecule has 6 heteroatoms. The number of hydrazone groups is 1. The first-order valence-electron chi connectivity index (χ1n) is 7.78. The number of nitrogens with one attached hydrogen (secondary N) is 1. The summed E-state index contributed by atoms with van der Waals surface area (Å²) in [6.45, 7) is 2.14. The van der Waals surface area contributed by atoms with Gasteiger partial charge in [-0.1, -0.05) is 26.2 Å². The predicted octanol–water partition coefficient (Wildman–Crippen LogP) is 3.13. The molecule has 0 aliphatic heterocycles. The Labute approximate surface area is 137 Å². The van der Waals surface area contributed by atoms with Gasteiger partial charge in [0.1, 0.15) is 0 Å². The summed E-state index contributed by atoms with van der Waals surface area (Å²) in [5.74, 6) is 1.52. The van der Waals surface area contributed by atoms with Crippen molar-refractivity contribution >= 4 is 12.1 Å². The summed E-state index contributed by atoms with van der Waals surface area (Å²) < 4.78 is 15.8. The van der Waals surface area contributed by atoms with Crippen molar-refractivity contribution in [1.82, 2.24) is 5.43 Å². The third kappa shape index (κ3) is 6.18. The second-order valence-corrected chi connectivity index (χ2v) is 5.06. The third-order valence-electron chi connectivity index (χ3n) is 3.35. The van der Waals surface area contributed by atoms with Crippen LogP contribution >= 0.6 is 0 Å². The lowest BCUT2D eigenvalue weighted by molar-refractivity contribution is -0.121. The number of hydrogen-bond donors (Lipinski definition) is 1. The number of hydrogen-bond acceptors (Lipinski definition) is 5. The molecule has 1 amide bonds. The maximum atomic E-state index is 11.6. The molecule has 0 saturated carbocycles. The zero-order valence-corrected chi connectivity index (χ0v) is 14.3. The lowest BCUT2D eigenvalue weighted by Crippen LogP contribution is -2.16. The van der Waals surface area contributed by atoms with Gasteiger partial charge < -0.3 is 14.2 Å². The van der Waals surface area contributed by atoms with Crippen molar-refractivity contribution in [2.75, 3.05) is 21.3 Å². The van der Waals surface area contributed by atoms with Crippen LogP contribution in [0.3, 0.4) is 0 Å². The predicted molar refractivity (Wildman–Crippen MR) is 90.6 cm³/mol. The van der Waals surface area contributed by atoms with E-state index in [4.69, 9.17) is 14.2 Å². The van der Waals surface area contributed by atoms with Crippen molar-refractivity contribution in [3.05, 3.63) is 17.7 Å². The van der Waals surface area contributed by atoms with Gasteiger partial charge in [-0.15, -0.1) is 0 Å². The number of benzene rings is 1. The lowest BCUT2D eigenvalue weighted by Gasteiger charge is -2.12. The zero-order chi connectivity index (χ0) is 17.1. The lowest BCUT2D eigenvalue weighted by atomic mass is 10.1. The molecule has 0 heterocycles. The number of rotatable bonds is 10. The van der Waals surface area contributed by atoms with Gasteiger partial charge in [0.15, 0.2) is 11.5 Å². The molecule has 0 aliphatic rings. The van der Waals surface area contributed by atoms with E-state index in [1.54, 1.807) is 39.7 Å². The molecule has 0 aromatic heterocycles. The molecule has 1 aromatic carbocycles. The standard InChI is InChI=1S/C17H26N2O4/c1-5-6-7-8-9-16(20)19-18-12-13-10-14(21-2)17(23-4)15(11-13)22-3/h10-12H,5-9H2,1-4H3,(H,19,20). The molecule has 0 saturated heterocycles. The van der Waals surface area contributed by atoms with Gasteiger partial charge >= 0.3 is 0 Å². The normalized spacial score (nSPS) is 10.6. The Balaban J connectivity index is 2.64. The van der Waals surface area contributed by atoms with Crippen LogP contribution in [0.25, 0.3) is 0 Å². The summed E-state index contributed by atoms with van der Waals surface area (Å²) in [6.07, 6.45) is 6.31. The van der Waals surface area contributed by atoms with Gasteiger partial charge in [-0.05, 0) is 18.6 Å². The monoisotopic (exact) mass is 322 g/mol.